The summed E-state index contributed by atoms with van der Waals surface area (Å²) in [5.74, 6) is 0. The fraction of sp³-hybridized carbons (Fsp3) is 0.545. The van der Waals surface area contributed by atoms with Crippen molar-refractivity contribution in [2.24, 2.45) is 7.05 Å². The van der Waals surface area contributed by atoms with E-state index in [1.807, 2.05) is 20.0 Å². The van der Waals surface area contributed by atoms with Crippen LogP contribution in [0.3, 0.4) is 0 Å². The number of hydrogen-bond acceptors (Lipinski definition) is 3. The van der Waals surface area contributed by atoms with Crippen molar-refractivity contribution in [3.05, 3.63) is 29.1 Å². The molecule has 0 amide bonds. The van der Waals surface area contributed by atoms with Crippen LogP contribution >= 0.6 is 11.6 Å². The first kappa shape index (κ1) is 13.2. The maximum atomic E-state index is 8.96. The standard InChI is InChI=1S/C11H18ClN3O/c1-4-5-15(6-7-16)8-10-9(2)13-14(3)11(10)12/h4,16H,1,5-8H2,2-3H3. The Morgan fingerprint density at radius 3 is 2.75 bits per heavy atom. The molecule has 0 saturated carbocycles. The van der Waals surface area contributed by atoms with Crippen LogP contribution in [0.1, 0.15) is 11.3 Å². The van der Waals surface area contributed by atoms with Crippen molar-refractivity contribution in [3.8, 4) is 0 Å². The molecule has 0 saturated heterocycles. The van der Waals surface area contributed by atoms with E-state index in [9.17, 15) is 0 Å². The Balaban J connectivity index is 2.79. The Labute approximate surface area is 101 Å². The topological polar surface area (TPSA) is 41.3 Å². The third kappa shape index (κ3) is 3.07. The molecule has 1 aromatic rings. The van der Waals surface area contributed by atoms with Gasteiger partial charge in [0.2, 0.25) is 0 Å². The zero-order chi connectivity index (χ0) is 12.1. The summed E-state index contributed by atoms with van der Waals surface area (Å²) in [6.07, 6.45) is 1.81. The first-order chi connectivity index (χ1) is 7.60. The van der Waals surface area contributed by atoms with Gasteiger partial charge < -0.3 is 5.11 Å². The summed E-state index contributed by atoms with van der Waals surface area (Å²) >= 11 is 6.14. The van der Waals surface area contributed by atoms with Crippen LogP contribution in [0.2, 0.25) is 5.15 Å². The normalized spacial score (nSPS) is 11.1. The van der Waals surface area contributed by atoms with E-state index in [1.54, 1.807) is 4.68 Å². The lowest BCUT2D eigenvalue weighted by atomic mass is 10.2. The predicted molar refractivity (Wildman–Crippen MR) is 65.5 cm³/mol. The number of aliphatic hydroxyl groups is 1. The third-order valence-electron chi connectivity index (χ3n) is 2.46. The molecule has 0 aliphatic heterocycles. The van der Waals surface area contributed by atoms with Crippen molar-refractivity contribution in [2.45, 2.75) is 13.5 Å². The van der Waals surface area contributed by atoms with Crippen LogP contribution in [-0.4, -0.2) is 39.5 Å². The molecule has 0 fully saturated rings. The van der Waals surface area contributed by atoms with E-state index in [-0.39, 0.29) is 6.61 Å². The zero-order valence-corrected chi connectivity index (χ0v) is 10.5. The summed E-state index contributed by atoms with van der Waals surface area (Å²) in [5.41, 5.74) is 1.94. The molecule has 4 nitrogen and oxygen atoms in total. The molecule has 0 atom stereocenters. The predicted octanol–water partition coefficient (Wildman–Crippen LogP) is 1.36. The van der Waals surface area contributed by atoms with Gasteiger partial charge in [0, 0.05) is 32.2 Å². The Bertz CT molecular complexity index is 362. The van der Waals surface area contributed by atoms with Crippen molar-refractivity contribution in [3.63, 3.8) is 0 Å². The van der Waals surface area contributed by atoms with Crippen LogP contribution in [-0.2, 0) is 13.6 Å². The smallest absolute Gasteiger partial charge is 0.131 e. The lowest BCUT2D eigenvalue weighted by Gasteiger charge is -2.19. The lowest BCUT2D eigenvalue weighted by molar-refractivity contribution is 0.203. The van der Waals surface area contributed by atoms with Gasteiger partial charge in [0.05, 0.1) is 12.3 Å². The van der Waals surface area contributed by atoms with E-state index in [1.165, 1.54) is 0 Å². The van der Waals surface area contributed by atoms with Crippen LogP contribution in [0.15, 0.2) is 12.7 Å². The monoisotopic (exact) mass is 243 g/mol. The molecule has 1 aromatic heterocycles. The van der Waals surface area contributed by atoms with Crippen LogP contribution in [0.25, 0.3) is 0 Å². The molecule has 90 valence electrons. The van der Waals surface area contributed by atoms with Gasteiger partial charge in [-0.2, -0.15) is 5.10 Å². The number of nitrogens with zero attached hydrogens (tertiary/aromatic N) is 3. The molecule has 0 spiro atoms. The average Bonchev–Trinajstić information content (AvgIpc) is 2.46. The van der Waals surface area contributed by atoms with Gasteiger partial charge in [0.1, 0.15) is 5.15 Å². The molecular weight excluding hydrogens is 226 g/mol. The van der Waals surface area contributed by atoms with Gasteiger partial charge >= 0.3 is 0 Å². The second-order valence-corrected chi connectivity index (χ2v) is 4.08. The van der Waals surface area contributed by atoms with E-state index >= 15 is 0 Å². The van der Waals surface area contributed by atoms with E-state index in [0.717, 1.165) is 17.8 Å². The van der Waals surface area contributed by atoms with E-state index < -0.39 is 0 Å². The van der Waals surface area contributed by atoms with Gasteiger partial charge in [0.15, 0.2) is 0 Å². The SMILES string of the molecule is C=CCN(CCO)Cc1c(C)nn(C)c1Cl. The van der Waals surface area contributed by atoms with Crippen LogP contribution < -0.4 is 0 Å². The zero-order valence-electron chi connectivity index (χ0n) is 9.78. The number of hydrogen-bond donors (Lipinski definition) is 1. The highest BCUT2D eigenvalue weighted by Gasteiger charge is 2.14. The first-order valence-electron chi connectivity index (χ1n) is 5.22. The van der Waals surface area contributed by atoms with Crippen LogP contribution in [0, 0.1) is 6.92 Å². The van der Waals surface area contributed by atoms with Gasteiger partial charge in [-0.3, -0.25) is 9.58 Å². The second-order valence-electron chi connectivity index (χ2n) is 3.73. The fourth-order valence-corrected chi connectivity index (χ4v) is 1.87. The Kier molecular flexibility index (Phi) is 4.99. The Morgan fingerprint density at radius 1 is 1.62 bits per heavy atom. The van der Waals surface area contributed by atoms with Crippen molar-refractivity contribution in [1.82, 2.24) is 14.7 Å². The number of rotatable bonds is 6. The Morgan fingerprint density at radius 2 is 2.31 bits per heavy atom. The quantitative estimate of drug-likeness (QED) is 0.768. The second kappa shape index (κ2) is 6.03. The number of aliphatic hydroxyl groups excluding tert-OH is 1. The third-order valence-corrected chi connectivity index (χ3v) is 2.93. The molecule has 1 N–H and O–H groups in total. The summed E-state index contributed by atoms with van der Waals surface area (Å²) in [7, 11) is 1.82. The summed E-state index contributed by atoms with van der Waals surface area (Å²) in [6, 6.07) is 0. The van der Waals surface area contributed by atoms with Gasteiger partial charge in [-0.15, -0.1) is 6.58 Å². The highest BCUT2D eigenvalue weighted by molar-refractivity contribution is 6.30. The maximum absolute atomic E-state index is 8.96. The van der Waals surface area contributed by atoms with Gasteiger partial charge in [-0.1, -0.05) is 17.7 Å². The molecule has 1 rings (SSSR count). The van der Waals surface area contributed by atoms with Crippen molar-refractivity contribution in [1.29, 1.82) is 0 Å². The van der Waals surface area contributed by atoms with Gasteiger partial charge in [0.25, 0.3) is 0 Å². The minimum Gasteiger partial charge on any atom is -0.395 e. The number of halogens is 1. The lowest BCUT2D eigenvalue weighted by Crippen LogP contribution is -2.26. The molecule has 0 aliphatic carbocycles. The minimum absolute atomic E-state index is 0.130. The molecule has 1 heterocycles. The molecule has 0 radical (unpaired) electrons. The summed E-state index contributed by atoms with van der Waals surface area (Å²) < 4.78 is 1.66. The minimum atomic E-state index is 0.130. The highest BCUT2D eigenvalue weighted by Crippen LogP contribution is 2.20. The molecule has 0 aliphatic rings. The maximum Gasteiger partial charge on any atom is 0.131 e. The van der Waals surface area contributed by atoms with Crippen molar-refractivity contribution in [2.75, 3.05) is 19.7 Å². The molecule has 0 aromatic carbocycles. The van der Waals surface area contributed by atoms with E-state index in [4.69, 9.17) is 16.7 Å². The molecule has 16 heavy (non-hydrogen) atoms. The van der Waals surface area contributed by atoms with Gasteiger partial charge in [-0.25, -0.2) is 0 Å². The summed E-state index contributed by atoms with van der Waals surface area (Å²) in [4.78, 5) is 2.07. The number of aromatic nitrogens is 2. The molecular formula is C11H18ClN3O. The highest BCUT2D eigenvalue weighted by atomic mass is 35.5. The first-order valence-corrected chi connectivity index (χ1v) is 5.60. The summed E-state index contributed by atoms with van der Waals surface area (Å²) in [5, 5.41) is 13.9. The van der Waals surface area contributed by atoms with Crippen molar-refractivity contribution >= 4 is 11.6 Å². The molecule has 0 bridgehead atoms. The van der Waals surface area contributed by atoms with E-state index in [2.05, 4.69) is 16.6 Å². The van der Waals surface area contributed by atoms with Gasteiger partial charge in [-0.05, 0) is 6.92 Å². The average molecular weight is 244 g/mol. The summed E-state index contributed by atoms with van der Waals surface area (Å²) in [6.45, 7) is 7.78. The largest absolute Gasteiger partial charge is 0.395 e. The van der Waals surface area contributed by atoms with E-state index in [0.29, 0.717) is 18.2 Å². The number of aryl methyl sites for hydroxylation is 2. The van der Waals surface area contributed by atoms with Crippen LogP contribution in [0.5, 0.6) is 0 Å². The van der Waals surface area contributed by atoms with Crippen molar-refractivity contribution < 1.29 is 5.11 Å². The van der Waals surface area contributed by atoms with Crippen LogP contribution in [0.4, 0.5) is 0 Å². The molecule has 0 unspecified atom stereocenters. The fourth-order valence-electron chi connectivity index (χ4n) is 1.64. The Hall–Kier alpha value is -0.840. The molecule has 5 heteroatoms.